The molecule has 0 saturated heterocycles. The van der Waals surface area contributed by atoms with Gasteiger partial charge in [-0.1, -0.05) is 0 Å². The van der Waals surface area contributed by atoms with Crippen LogP contribution in [0, 0.1) is 0 Å². The van der Waals surface area contributed by atoms with Crippen molar-refractivity contribution >= 4 is 5.97 Å². The molecule has 0 spiro atoms. The number of aromatic nitrogens is 4. The lowest BCUT2D eigenvalue weighted by atomic mass is 10.3. The van der Waals surface area contributed by atoms with E-state index in [2.05, 4.69) is 15.2 Å². The molecule has 2 aromatic heterocycles. The van der Waals surface area contributed by atoms with E-state index in [0.717, 1.165) is 10.8 Å². The Bertz CT molecular complexity index is 606. The molecular weight excluding hydrogens is 216 g/mol. The molecule has 8 heteroatoms. The summed E-state index contributed by atoms with van der Waals surface area (Å²) in [4.78, 5) is 36.5. The largest absolute Gasteiger partial charge is 0.477 e. The number of hydrogen-bond donors (Lipinski definition) is 3. The molecule has 0 unspecified atom stereocenters. The van der Waals surface area contributed by atoms with Crippen molar-refractivity contribution in [3.8, 4) is 5.69 Å². The highest BCUT2D eigenvalue weighted by Gasteiger charge is 2.08. The number of H-pyrrole nitrogens is 2. The third-order valence-electron chi connectivity index (χ3n) is 1.91. The van der Waals surface area contributed by atoms with Crippen LogP contribution in [0.25, 0.3) is 5.69 Å². The molecule has 2 rings (SSSR count). The van der Waals surface area contributed by atoms with Crippen LogP contribution < -0.4 is 11.4 Å². The van der Waals surface area contributed by atoms with Crippen LogP contribution in [0.1, 0.15) is 10.5 Å². The highest BCUT2D eigenvalue weighted by Crippen LogP contribution is 2.01. The van der Waals surface area contributed by atoms with Crippen LogP contribution in [0.15, 0.2) is 27.9 Å². The average molecular weight is 222 g/mol. The number of rotatable bonds is 2. The second kappa shape index (κ2) is 3.50. The first-order valence-corrected chi connectivity index (χ1v) is 4.19. The molecule has 0 atom stereocenters. The highest BCUT2D eigenvalue weighted by atomic mass is 16.4. The van der Waals surface area contributed by atoms with E-state index in [-0.39, 0.29) is 11.4 Å². The lowest BCUT2D eigenvalue weighted by molar-refractivity contribution is 0.0690. The second-order valence-electron chi connectivity index (χ2n) is 2.90. The number of aromatic carboxylic acids is 1. The van der Waals surface area contributed by atoms with Crippen molar-refractivity contribution in [2.24, 2.45) is 0 Å². The normalized spacial score (nSPS) is 10.2. The van der Waals surface area contributed by atoms with E-state index < -0.39 is 17.3 Å². The van der Waals surface area contributed by atoms with Gasteiger partial charge in [0, 0.05) is 0 Å². The molecular formula is C8H6N4O4. The van der Waals surface area contributed by atoms with Gasteiger partial charge >= 0.3 is 17.3 Å². The monoisotopic (exact) mass is 222 g/mol. The quantitative estimate of drug-likeness (QED) is 0.598. The van der Waals surface area contributed by atoms with E-state index in [1.54, 1.807) is 0 Å². The SMILES string of the molecule is O=C(O)c1ccc(-n2c(=O)[nH][nH]c2=O)cn1. The Labute approximate surface area is 87.2 Å². The number of nitrogens with zero attached hydrogens (tertiary/aromatic N) is 2. The zero-order valence-corrected chi connectivity index (χ0v) is 7.80. The predicted octanol–water partition coefficient (Wildman–Crippen LogP) is -1.05. The zero-order chi connectivity index (χ0) is 11.7. The van der Waals surface area contributed by atoms with Gasteiger partial charge in [0.1, 0.15) is 5.69 Å². The van der Waals surface area contributed by atoms with Crippen LogP contribution in [0.4, 0.5) is 0 Å². The van der Waals surface area contributed by atoms with E-state index in [1.807, 2.05) is 0 Å². The summed E-state index contributed by atoms with van der Waals surface area (Å²) in [5.74, 6) is -1.18. The molecule has 0 radical (unpaired) electrons. The van der Waals surface area contributed by atoms with Crippen molar-refractivity contribution in [2.75, 3.05) is 0 Å². The molecule has 0 amide bonds. The van der Waals surface area contributed by atoms with Crippen LogP contribution >= 0.6 is 0 Å². The van der Waals surface area contributed by atoms with Crippen molar-refractivity contribution in [2.45, 2.75) is 0 Å². The molecule has 0 saturated carbocycles. The third kappa shape index (κ3) is 1.52. The summed E-state index contributed by atoms with van der Waals surface area (Å²) in [5, 5.41) is 12.8. The Hall–Kier alpha value is -2.64. The maximum atomic E-state index is 11.2. The molecule has 3 N–H and O–H groups in total. The van der Waals surface area contributed by atoms with Gasteiger partial charge in [-0.3, -0.25) is 0 Å². The molecule has 16 heavy (non-hydrogen) atoms. The summed E-state index contributed by atoms with van der Waals surface area (Å²) in [6, 6.07) is 2.53. The molecule has 0 aliphatic rings. The highest BCUT2D eigenvalue weighted by molar-refractivity contribution is 5.85. The standard InChI is InChI=1S/C8H6N4O4/c13-6(14)5-2-1-4(3-9-5)12-7(15)10-11-8(12)16/h1-3H,(H,10,15)(H,11,16)(H,13,14). The first-order chi connectivity index (χ1) is 7.59. The number of aromatic amines is 2. The van der Waals surface area contributed by atoms with Crippen molar-refractivity contribution in [1.82, 2.24) is 19.7 Å². The van der Waals surface area contributed by atoms with Gasteiger partial charge in [0.05, 0.1) is 11.9 Å². The Kier molecular flexibility index (Phi) is 2.16. The number of carbonyl (C=O) groups is 1. The third-order valence-corrected chi connectivity index (χ3v) is 1.91. The van der Waals surface area contributed by atoms with Crippen molar-refractivity contribution in [3.05, 3.63) is 45.0 Å². The summed E-state index contributed by atoms with van der Waals surface area (Å²) >= 11 is 0. The Morgan fingerprint density at radius 1 is 1.25 bits per heavy atom. The average Bonchev–Trinajstić information content (AvgIpc) is 2.59. The van der Waals surface area contributed by atoms with Crippen molar-refractivity contribution < 1.29 is 9.90 Å². The van der Waals surface area contributed by atoms with Crippen LogP contribution in [-0.2, 0) is 0 Å². The van der Waals surface area contributed by atoms with Gasteiger partial charge in [0.2, 0.25) is 0 Å². The number of carboxylic acid groups (broad SMARTS) is 1. The first-order valence-electron chi connectivity index (χ1n) is 4.19. The molecule has 0 aromatic carbocycles. The van der Waals surface area contributed by atoms with Crippen LogP contribution in [0.3, 0.4) is 0 Å². The Morgan fingerprint density at radius 3 is 2.31 bits per heavy atom. The summed E-state index contributed by atoms with van der Waals surface area (Å²) in [7, 11) is 0. The molecule has 82 valence electrons. The van der Waals surface area contributed by atoms with Crippen LogP contribution in [0.5, 0.6) is 0 Å². The van der Waals surface area contributed by atoms with Crippen molar-refractivity contribution in [1.29, 1.82) is 0 Å². The predicted molar refractivity (Wildman–Crippen MR) is 51.8 cm³/mol. The van der Waals surface area contributed by atoms with E-state index >= 15 is 0 Å². The van der Waals surface area contributed by atoms with E-state index in [9.17, 15) is 14.4 Å². The van der Waals surface area contributed by atoms with E-state index in [1.165, 1.54) is 12.1 Å². The summed E-state index contributed by atoms with van der Waals surface area (Å²) < 4.78 is 0.804. The lowest BCUT2D eigenvalue weighted by Gasteiger charge is -1.98. The Morgan fingerprint density at radius 2 is 1.88 bits per heavy atom. The van der Waals surface area contributed by atoms with Gasteiger partial charge in [-0.15, -0.1) is 0 Å². The first kappa shape index (κ1) is 9.90. The van der Waals surface area contributed by atoms with Gasteiger partial charge in [-0.25, -0.2) is 34.1 Å². The number of carboxylic acids is 1. The number of nitrogens with one attached hydrogen (secondary N) is 2. The molecule has 0 aliphatic heterocycles. The van der Waals surface area contributed by atoms with Gasteiger partial charge in [-0.05, 0) is 12.1 Å². The fourth-order valence-corrected chi connectivity index (χ4v) is 1.19. The van der Waals surface area contributed by atoms with E-state index in [4.69, 9.17) is 5.11 Å². The van der Waals surface area contributed by atoms with Crippen molar-refractivity contribution in [3.63, 3.8) is 0 Å². The maximum Gasteiger partial charge on any atom is 0.354 e. The number of pyridine rings is 1. The maximum absolute atomic E-state index is 11.2. The van der Waals surface area contributed by atoms with Gasteiger partial charge < -0.3 is 5.11 Å². The molecule has 0 aliphatic carbocycles. The van der Waals surface area contributed by atoms with Crippen LogP contribution in [-0.4, -0.2) is 30.8 Å². The zero-order valence-electron chi connectivity index (χ0n) is 7.80. The second-order valence-corrected chi connectivity index (χ2v) is 2.90. The molecule has 2 aromatic rings. The fourth-order valence-electron chi connectivity index (χ4n) is 1.19. The van der Waals surface area contributed by atoms with Gasteiger partial charge in [0.25, 0.3) is 0 Å². The minimum atomic E-state index is -1.18. The summed E-state index contributed by atoms with van der Waals surface area (Å²) in [5.41, 5.74) is -1.26. The van der Waals surface area contributed by atoms with Gasteiger partial charge in [-0.2, -0.15) is 0 Å². The minimum absolute atomic E-state index is 0.163. The smallest absolute Gasteiger partial charge is 0.354 e. The van der Waals surface area contributed by atoms with Gasteiger partial charge in [0.15, 0.2) is 0 Å². The summed E-state index contributed by atoms with van der Waals surface area (Å²) in [6.45, 7) is 0. The van der Waals surface area contributed by atoms with Crippen LogP contribution in [0.2, 0.25) is 0 Å². The Balaban J connectivity index is 2.55. The van der Waals surface area contributed by atoms with E-state index in [0.29, 0.717) is 0 Å². The molecule has 8 nitrogen and oxygen atoms in total. The lowest BCUT2D eigenvalue weighted by Crippen LogP contribution is -2.24. The summed E-state index contributed by atoms with van der Waals surface area (Å²) in [6.07, 6.45) is 1.13. The molecule has 0 fully saturated rings. The number of hydrogen-bond acceptors (Lipinski definition) is 4. The topological polar surface area (TPSA) is 121 Å². The molecule has 0 bridgehead atoms. The minimum Gasteiger partial charge on any atom is -0.477 e. The molecule has 2 heterocycles. The fraction of sp³-hybridized carbons (Fsp3) is 0.